The van der Waals surface area contributed by atoms with Crippen molar-refractivity contribution in [1.82, 2.24) is 9.88 Å². The molecular weight excluding hydrogens is 328 g/mol. The number of aromatic nitrogens is 1. The van der Waals surface area contributed by atoms with Crippen molar-refractivity contribution in [3.8, 4) is 0 Å². The number of nitrogens with one attached hydrogen (secondary N) is 1. The van der Waals surface area contributed by atoms with E-state index in [1.807, 2.05) is 43.0 Å². The van der Waals surface area contributed by atoms with Crippen LogP contribution in [0.4, 0.5) is 11.5 Å². The number of amides is 2. The van der Waals surface area contributed by atoms with E-state index in [1.54, 1.807) is 19.2 Å². The Bertz CT molecular complexity index is 826. The number of rotatable bonds is 3. The summed E-state index contributed by atoms with van der Waals surface area (Å²) >= 11 is 0. The minimum atomic E-state index is -0.148. The van der Waals surface area contributed by atoms with Gasteiger partial charge in [-0.3, -0.25) is 9.59 Å². The number of nitrogens with zero attached hydrogens (tertiary/aromatic N) is 3. The number of aryl methyl sites for hydroxylation is 1. The zero-order valence-electron chi connectivity index (χ0n) is 15.5. The van der Waals surface area contributed by atoms with Gasteiger partial charge in [-0.25, -0.2) is 4.98 Å². The van der Waals surface area contributed by atoms with Crippen LogP contribution in [0, 0.1) is 13.8 Å². The zero-order chi connectivity index (χ0) is 18.7. The number of piperazine rings is 1. The van der Waals surface area contributed by atoms with E-state index in [9.17, 15) is 9.59 Å². The molecular formula is C20H24N4O2. The summed E-state index contributed by atoms with van der Waals surface area (Å²) in [6.07, 6.45) is 1.66. The van der Waals surface area contributed by atoms with Crippen molar-refractivity contribution in [1.29, 1.82) is 0 Å². The summed E-state index contributed by atoms with van der Waals surface area (Å²) < 4.78 is 0. The quantitative estimate of drug-likeness (QED) is 0.922. The normalized spacial score (nSPS) is 14.3. The summed E-state index contributed by atoms with van der Waals surface area (Å²) in [6, 6.07) is 9.39. The van der Waals surface area contributed by atoms with Gasteiger partial charge in [0.05, 0.1) is 0 Å². The molecule has 6 nitrogen and oxygen atoms in total. The van der Waals surface area contributed by atoms with Crippen molar-refractivity contribution in [3.63, 3.8) is 0 Å². The number of benzene rings is 1. The first-order valence-electron chi connectivity index (χ1n) is 8.80. The summed E-state index contributed by atoms with van der Waals surface area (Å²) in [6.45, 7) is 8.40. The standard InChI is InChI=1S/C20H24N4O2/c1-14-5-4-6-18(15(14)2)22-20(26)17-7-8-21-19(13-17)24-11-9-23(10-12-24)16(3)25/h4-8,13H,9-12H2,1-3H3,(H,22,26). The fraction of sp³-hybridized carbons (Fsp3) is 0.350. The molecule has 26 heavy (non-hydrogen) atoms. The van der Waals surface area contributed by atoms with E-state index in [0.717, 1.165) is 22.6 Å². The Kier molecular flexibility index (Phi) is 5.21. The van der Waals surface area contributed by atoms with E-state index in [2.05, 4.69) is 15.2 Å². The molecule has 1 saturated heterocycles. The highest BCUT2D eigenvalue weighted by Gasteiger charge is 2.20. The first kappa shape index (κ1) is 17.9. The van der Waals surface area contributed by atoms with Crippen molar-refractivity contribution in [3.05, 3.63) is 53.2 Å². The second-order valence-electron chi connectivity index (χ2n) is 6.60. The minimum absolute atomic E-state index is 0.0965. The van der Waals surface area contributed by atoms with Gasteiger partial charge in [-0.1, -0.05) is 12.1 Å². The molecule has 3 rings (SSSR count). The number of hydrogen-bond donors (Lipinski definition) is 1. The Hall–Kier alpha value is -2.89. The first-order valence-corrected chi connectivity index (χ1v) is 8.80. The highest BCUT2D eigenvalue weighted by atomic mass is 16.2. The van der Waals surface area contributed by atoms with Crippen LogP contribution in [0.3, 0.4) is 0 Å². The van der Waals surface area contributed by atoms with Crippen LogP contribution in [-0.2, 0) is 4.79 Å². The SMILES string of the molecule is CC(=O)N1CCN(c2cc(C(=O)Nc3cccc(C)c3C)ccn2)CC1. The van der Waals surface area contributed by atoms with E-state index in [1.165, 1.54) is 0 Å². The smallest absolute Gasteiger partial charge is 0.255 e. The molecule has 2 heterocycles. The van der Waals surface area contributed by atoms with E-state index >= 15 is 0 Å². The van der Waals surface area contributed by atoms with Crippen molar-refractivity contribution < 1.29 is 9.59 Å². The maximum Gasteiger partial charge on any atom is 0.255 e. The van der Waals surface area contributed by atoms with Crippen LogP contribution in [0.15, 0.2) is 36.5 Å². The van der Waals surface area contributed by atoms with Crippen molar-refractivity contribution >= 4 is 23.3 Å². The molecule has 0 spiro atoms. The van der Waals surface area contributed by atoms with E-state index < -0.39 is 0 Å². The molecule has 1 aliphatic heterocycles. The second kappa shape index (κ2) is 7.56. The second-order valence-corrected chi connectivity index (χ2v) is 6.60. The number of carbonyl (C=O) groups excluding carboxylic acids is 2. The predicted molar refractivity (Wildman–Crippen MR) is 103 cm³/mol. The lowest BCUT2D eigenvalue weighted by Gasteiger charge is -2.35. The molecule has 0 unspecified atom stereocenters. The molecule has 0 aliphatic carbocycles. The molecule has 0 atom stereocenters. The molecule has 6 heteroatoms. The molecule has 2 amide bonds. The highest BCUT2D eigenvalue weighted by Crippen LogP contribution is 2.20. The van der Waals surface area contributed by atoms with Gasteiger partial charge in [-0.15, -0.1) is 0 Å². The maximum absolute atomic E-state index is 12.6. The predicted octanol–water partition coefficient (Wildman–Crippen LogP) is 2.62. The van der Waals surface area contributed by atoms with E-state index in [-0.39, 0.29) is 11.8 Å². The van der Waals surface area contributed by atoms with Crippen molar-refractivity contribution in [2.75, 3.05) is 36.4 Å². The summed E-state index contributed by atoms with van der Waals surface area (Å²) in [7, 11) is 0. The Morgan fingerprint density at radius 2 is 1.81 bits per heavy atom. The van der Waals surface area contributed by atoms with Crippen LogP contribution in [0.25, 0.3) is 0 Å². The van der Waals surface area contributed by atoms with Crippen LogP contribution in [0.2, 0.25) is 0 Å². The average molecular weight is 352 g/mol. The molecule has 1 aliphatic rings. The van der Waals surface area contributed by atoms with Gasteiger partial charge in [0.2, 0.25) is 5.91 Å². The maximum atomic E-state index is 12.6. The minimum Gasteiger partial charge on any atom is -0.353 e. The van der Waals surface area contributed by atoms with E-state index in [4.69, 9.17) is 0 Å². The van der Waals surface area contributed by atoms with Crippen molar-refractivity contribution in [2.45, 2.75) is 20.8 Å². The average Bonchev–Trinajstić information content (AvgIpc) is 2.65. The molecule has 1 aromatic carbocycles. The molecule has 0 bridgehead atoms. The van der Waals surface area contributed by atoms with Gasteiger partial charge < -0.3 is 15.1 Å². The third kappa shape index (κ3) is 3.85. The van der Waals surface area contributed by atoms with Gasteiger partial charge >= 0.3 is 0 Å². The van der Waals surface area contributed by atoms with Crippen LogP contribution >= 0.6 is 0 Å². The lowest BCUT2D eigenvalue weighted by Crippen LogP contribution is -2.48. The molecule has 2 aromatic rings. The van der Waals surface area contributed by atoms with Gasteiger partial charge in [0.15, 0.2) is 0 Å². The van der Waals surface area contributed by atoms with Crippen LogP contribution < -0.4 is 10.2 Å². The molecule has 0 saturated carbocycles. The zero-order valence-corrected chi connectivity index (χ0v) is 15.5. The lowest BCUT2D eigenvalue weighted by molar-refractivity contribution is -0.129. The summed E-state index contributed by atoms with van der Waals surface area (Å²) in [5, 5.41) is 2.98. The van der Waals surface area contributed by atoms with Gasteiger partial charge in [0.25, 0.3) is 5.91 Å². The third-order valence-electron chi connectivity index (χ3n) is 4.91. The molecule has 1 aromatic heterocycles. The molecule has 1 fully saturated rings. The third-order valence-corrected chi connectivity index (χ3v) is 4.91. The number of pyridine rings is 1. The first-order chi connectivity index (χ1) is 12.5. The van der Waals surface area contributed by atoms with Crippen LogP contribution in [0.1, 0.15) is 28.4 Å². The van der Waals surface area contributed by atoms with Gasteiger partial charge in [-0.2, -0.15) is 0 Å². The molecule has 0 radical (unpaired) electrons. The summed E-state index contributed by atoms with van der Waals surface area (Å²) in [5.41, 5.74) is 3.60. The largest absolute Gasteiger partial charge is 0.353 e. The molecule has 1 N–H and O–H groups in total. The number of anilines is 2. The van der Waals surface area contributed by atoms with Gasteiger partial charge in [0, 0.05) is 50.6 Å². The fourth-order valence-corrected chi connectivity index (χ4v) is 3.06. The van der Waals surface area contributed by atoms with Gasteiger partial charge in [0.1, 0.15) is 5.82 Å². The summed E-state index contributed by atoms with van der Waals surface area (Å²) in [4.78, 5) is 32.4. The Balaban J connectivity index is 1.72. The van der Waals surface area contributed by atoms with E-state index in [0.29, 0.717) is 31.7 Å². The summed E-state index contributed by atoms with van der Waals surface area (Å²) in [5.74, 6) is 0.714. The monoisotopic (exact) mass is 352 g/mol. The Labute approximate surface area is 153 Å². The molecule has 136 valence electrons. The fourth-order valence-electron chi connectivity index (χ4n) is 3.06. The highest BCUT2D eigenvalue weighted by molar-refractivity contribution is 6.05. The number of carbonyl (C=O) groups is 2. The van der Waals surface area contributed by atoms with Crippen LogP contribution in [-0.4, -0.2) is 47.9 Å². The topological polar surface area (TPSA) is 65.5 Å². The number of hydrogen-bond acceptors (Lipinski definition) is 4. The van der Waals surface area contributed by atoms with Crippen molar-refractivity contribution in [2.24, 2.45) is 0 Å². The Morgan fingerprint density at radius 3 is 2.50 bits per heavy atom. The van der Waals surface area contributed by atoms with Crippen LogP contribution in [0.5, 0.6) is 0 Å². The lowest BCUT2D eigenvalue weighted by atomic mass is 10.1. The van der Waals surface area contributed by atoms with Gasteiger partial charge in [-0.05, 0) is 43.2 Å². The Morgan fingerprint density at radius 1 is 1.08 bits per heavy atom.